The van der Waals surface area contributed by atoms with Crippen LogP contribution in [0.3, 0.4) is 0 Å². The number of nitrogens with zero attached hydrogens (tertiary/aromatic N) is 1. The van der Waals surface area contributed by atoms with Crippen LogP contribution in [0.25, 0.3) is 0 Å². The molecule has 21 heavy (non-hydrogen) atoms. The van der Waals surface area contributed by atoms with Gasteiger partial charge in [-0.25, -0.2) is 0 Å². The van der Waals surface area contributed by atoms with E-state index in [4.69, 9.17) is 4.74 Å². The topological polar surface area (TPSA) is 24.5 Å². The summed E-state index contributed by atoms with van der Waals surface area (Å²) in [5.74, 6) is 1.69. The number of hydrogen-bond donors (Lipinski definition) is 1. The van der Waals surface area contributed by atoms with Gasteiger partial charge in [0.05, 0.1) is 0 Å². The second-order valence-electron chi connectivity index (χ2n) is 6.01. The Morgan fingerprint density at radius 3 is 2.52 bits per heavy atom. The molecule has 1 N–H and O–H groups in total. The van der Waals surface area contributed by atoms with Gasteiger partial charge in [0.1, 0.15) is 12.4 Å². The highest BCUT2D eigenvalue weighted by atomic mass is 16.5. The number of likely N-dealkylation sites (N-methyl/N-ethyl adjacent to an activating group) is 1. The van der Waals surface area contributed by atoms with E-state index in [1.807, 2.05) is 0 Å². The first-order valence-corrected chi connectivity index (χ1v) is 8.22. The van der Waals surface area contributed by atoms with E-state index in [0.29, 0.717) is 5.92 Å². The molecule has 120 valence electrons. The molecule has 3 nitrogen and oxygen atoms in total. The number of rotatable bonds is 10. The Hall–Kier alpha value is -1.06. The van der Waals surface area contributed by atoms with Crippen LogP contribution in [0, 0.1) is 12.8 Å². The summed E-state index contributed by atoms with van der Waals surface area (Å²) >= 11 is 0. The van der Waals surface area contributed by atoms with Crippen LogP contribution >= 0.6 is 0 Å². The molecule has 0 unspecified atom stereocenters. The number of ether oxygens (including phenoxy) is 1. The van der Waals surface area contributed by atoms with Gasteiger partial charge >= 0.3 is 0 Å². The minimum atomic E-state index is 0.668. The van der Waals surface area contributed by atoms with Gasteiger partial charge in [-0.15, -0.1) is 0 Å². The van der Waals surface area contributed by atoms with Crippen LogP contribution in [-0.2, 0) is 6.54 Å². The SMILES string of the molecule is CCN(CC)CCOc1ccc(C)cc1CNCC(C)C. The average molecular weight is 292 g/mol. The summed E-state index contributed by atoms with van der Waals surface area (Å²) < 4.78 is 6.00. The molecule has 0 aromatic heterocycles. The lowest BCUT2D eigenvalue weighted by atomic mass is 10.1. The molecular weight excluding hydrogens is 260 g/mol. The molecule has 0 bridgehead atoms. The normalized spacial score (nSPS) is 11.4. The third-order valence-electron chi connectivity index (χ3n) is 3.64. The summed E-state index contributed by atoms with van der Waals surface area (Å²) in [4.78, 5) is 2.38. The predicted octanol–water partition coefficient (Wildman–Crippen LogP) is 3.46. The molecule has 1 rings (SSSR count). The lowest BCUT2D eigenvalue weighted by Gasteiger charge is -2.19. The van der Waals surface area contributed by atoms with E-state index in [-0.39, 0.29) is 0 Å². The number of hydrogen-bond acceptors (Lipinski definition) is 3. The number of benzene rings is 1. The first-order chi connectivity index (χ1) is 10.1. The molecule has 0 atom stereocenters. The van der Waals surface area contributed by atoms with E-state index in [2.05, 4.69) is 63.0 Å². The molecule has 0 saturated heterocycles. The van der Waals surface area contributed by atoms with Gasteiger partial charge in [0, 0.05) is 18.7 Å². The van der Waals surface area contributed by atoms with E-state index < -0.39 is 0 Å². The zero-order valence-corrected chi connectivity index (χ0v) is 14.4. The maximum absolute atomic E-state index is 6.00. The maximum Gasteiger partial charge on any atom is 0.123 e. The van der Waals surface area contributed by atoms with E-state index in [0.717, 1.165) is 45.1 Å². The molecule has 0 aliphatic rings. The Balaban J connectivity index is 2.55. The van der Waals surface area contributed by atoms with Crippen molar-refractivity contribution in [1.82, 2.24) is 10.2 Å². The molecule has 0 amide bonds. The monoisotopic (exact) mass is 292 g/mol. The summed E-state index contributed by atoms with van der Waals surface area (Å²) in [6.45, 7) is 16.8. The standard InChI is InChI=1S/C18H32N2O/c1-6-20(7-2)10-11-21-18-9-8-16(5)12-17(18)14-19-13-15(3)4/h8-9,12,15,19H,6-7,10-11,13-14H2,1-5H3. The molecule has 0 saturated carbocycles. The van der Waals surface area contributed by atoms with Crippen molar-refractivity contribution in [1.29, 1.82) is 0 Å². The summed E-state index contributed by atoms with van der Waals surface area (Å²) in [6.07, 6.45) is 0. The number of aryl methyl sites for hydroxylation is 1. The Kier molecular flexibility index (Phi) is 8.40. The molecule has 1 aromatic carbocycles. The van der Waals surface area contributed by atoms with Crippen LogP contribution < -0.4 is 10.1 Å². The molecule has 0 radical (unpaired) electrons. The van der Waals surface area contributed by atoms with Crippen molar-refractivity contribution in [2.24, 2.45) is 5.92 Å². The fourth-order valence-corrected chi connectivity index (χ4v) is 2.31. The van der Waals surface area contributed by atoms with Crippen LogP contribution in [0.15, 0.2) is 18.2 Å². The molecule has 0 aliphatic heterocycles. The first-order valence-electron chi connectivity index (χ1n) is 8.22. The highest BCUT2D eigenvalue weighted by Gasteiger charge is 2.06. The zero-order chi connectivity index (χ0) is 15.7. The van der Waals surface area contributed by atoms with E-state index in [9.17, 15) is 0 Å². The summed E-state index contributed by atoms with van der Waals surface area (Å²) in [5.41, 5.74) is 2.54. The van der Waals surface area contributed by atoms with Gasteiger partial charge in [0.15, 0.2) is 0 Å². The minimum absolute atomic E-state index is 0.668. The molecular formula is C18H32N2O. The van der Waals surface area contributed by atoms with E-state index >= 15 is 0 Å². The zero-order valence-electron chi connectivity index (χ0n) is 14.4. The summed E-state index contributed by atoms with van der Waals surface area (Å²) in [6, 6.07) is 6.45. The lowest BCUT2D eigenvalue weighted by molar-refractivity contribution is 0.221. The van der Waals surface area contributed by atoms with Crippen molar-refractivity contribution in [3.8, 4) is 5.75 Å². The third kappa shape index (κ3) is 6.96. The van der Waals surface area contributed by atoms with Crippen molar-refractivity contribution in [3.05, 3.63) is 29.3 Å². The van der Waals surface area contributed by atoms with Crippen LogP contribution in [0.1, 0.15) is 38.8 Å². The molecule has 1 aromatic rings. The predicted molar refractivity (Wildman–Crippen MR) is 91.0 cm³/mol. The highest BCUT2D eigenvalue weighted by Crippen LogP contribution is 2.20. The Morgan fingerprint density at radius 1 is 1.19 bits per heavy atom. The highest BCUT2D eigenvalue weighted by molar-refractivity contribution is 5.36. The van der Waals surface area contributed by atoms with Crippen LogP contribution in [-0.4, -0.2) is 37.7 Å². The Labute approximate surface area is 130 Å². The Bertz CT molecular complexity index is 400. The smallest absolute Gasteiger partial charge is 0.123 e. The molecule has 0 fully saturated rings. The minimum Gasteiger partial charge on any atom is -0.492 e. The van der Waals surface area contributed by atoms with Crippen molar-refractivity contribution in [2.75, 3.05) is 32.8 Å². The van der Waals surface area contributed by atoms with Gasteiger partial charge < -0.3 is 15.0 Å². The van der Waals surface area contributed by atoms with Gasteiger partial charge in [-0.2, -0.15) is 0 Å². The van der Waals surface area contributed by atoms with E-state index in [1.165, 1.54) is 11.1 Å². The molecule has 0 aliphatic carbocycles. The maximum atomic E-state index is 6.00. The lowest BCUT2D eigenvalue weighted by Crippen LogP contribution is -2.28. The van der Waals surface area contributed by atoms with Crippen LogP contribution in [0.2, 0.25) is 0 Å². The quantitative estimate of drug-likeness (QED) is 0.715. The molecule has 3 heteroatoms. The Morgan fingerprint density at radius 2 is 1.90 bits per heavy atom. The fraction of sp³-hybridized carbons (Fsp3) is 0.667. The van der Waals surface area contributed by atoms with Crippen molar-refractivity contribution in [3.63, 3.8) is 0 Å². The third-order valence-corrected chi connectivity index (χ3v) is 3.64. The van der Waals surface area contributed by atoms with Gasteiger partial charge in [-0.1, -0.05) is 45.4 Å². The van der Waals surface area contributed by atoms with Crippen LogP contribution in [0.4, 0.5) is 0 Å². The van der Waals surface area contributed by atoms with Gasteiger partial charge in [0.2, 0.25) is 0 Å². The van der Waals surface area contributed by atoms with Gasteiger partial charge in [-0.3, -0.25) is 0 Å². The van der Waals surface area contributed by atoms with Gasteiger partial charge in [-0.05, 0) is 38.5 Å². The van der Waals surface area contributed by atoms with Crippen LogP contribution in [0.5, 0.6) is 5.75 Å². The second-order valence-corrected chi connectivity index (χ2v) is 6.01. The van der Waals surface area contributed by atoms with Crippen molar-refractivity contribution >= 4 is 0 Å². The van der Waals surface area contributed by atoms with Crippen molar-refractivity contribution in [2.45, 2.75) is 41.2 Å². The van der Waals surface area contributed by atoms with Crippen molar-refractivity contribution < 1.29 is 4.74 Å². The molecule has 0 heterocycles. The summed E-state index contributed by atoms with van der Waals surface area (Å²) in [7, 11) is 0. The number of nitrogens with one attached hydrogen (secondary N) is 1. The van der Waals surface area contributed by atoms with E-state index in [1.54, 1.807) is 0 Å². The largest absolute Gasteiger partial charge is 0.492 e. The fourth-order valence-electron chi connectivity index (χ4n) is 2.31. The van der Waals surface area contributed by atoms with Gasteiger partial charge in [0.25, 0.3) is 0 Å². The second kappa shape index (κ2) is 9.80. The average Bonchev–Trinajstić information content (AvgIpc) is 2.45. The summed E-state index contributed by atoms with van der Waals surface area (Å²) in [5, 5.41) is 3.50. The molecule has 0 spiro atoms. The first kappa shape index (κ1) is 18.0.